The molecule has 2 amide bonds. The molecule has 1 aliphatic heterocycles. The molecular weight excluding hydrogens is 404 g/mol. The summed E-state index contributed by atoms with van der Waals surface area (Å²) in [6, 6.07) is 11.8. The first-order valence-corrected chi connectivity index (χ1v) is 11.6. The molecule has 4 rings (SSSR count). The predicted octanol–water partition coefficient (Wildman–Crippen LogP) is 2.80. The molecule has 0 saturated heterocycles. The third-order valence-corrected chi connectivity index (χ3v) is 7.19. The van der Waals surface area contributed by atoms with Crippen molar-refractivity contribution < 1.29 is 22.7 Å². The van der Waals surface area contributed by atoms with Crippen LogP contribution in [0.5, 0.6) is 5.75 Å². The normalized spacial score (nSPS) is 15.6. The topological polar surface area (TPSA) is 92.8 Å². The SMILES string of the molecule is COc1ccccc1NC(=O)CCS(=O)(=O)c1ccc2c(c1)CCN2C(=O)C1CC1. The lowest BCUT2D eigenvalue weighted by Crippen LogP contribution is -2.30. The molecule has 0 spiro atoms. The number of rotatable bonds is 7. The molecule has 0 aromatic heterocycles. The number of carbonyl (C=O) groups excluding carboxylic acids is 2. The Morgan fingerprint density at radius 2 is 1.93 bits per heavy atom. The Bertz CT molecular complexity index is 1090. The van der Waals surface area contributed by atoms with Crippen LogP contribution in [0.2, 0.25) is 0 Å². The molecule has 0 atom stereocenters. The highest BCUT2D eigenvalue weighted by Gasteiger charge is 2.36. The molecule has 0 radical (unpaired) electrons. The van der Waals surface area contributed by atoms with Crippen LogP contribution in [0.1, 0.15) is 24.8 Å². The third-order valence-electron chi connectivity index (χ3n) is 5.48. The van der Waals surface area contributed by atoms with Crippen LogP contribution in [0.3, 0.4) is 0 Å². The number of methoxy groups -OCH3 is 1. The summed E-state index contributed by atoms with van der Waals surface area (Å²) in [5.41, 5.74) is 2.17. The number of benzene rings is 2. The zero-order chi connectivity index (χ0) is 21.3. The summed E-state index contributed by atoms with van der Waals surface area (Å²) in [4.78, 5) is 26.6. The Labute approximate surface area is 175 Å². The summed E-state index contributed by atoms with van der Waals surface area (Å²) < 4.78 is 30.7. The van der Waals surface area contributed by atoms with Crippen LogP contribution in [-0.2, 0) is 25.8 Å². The number of ether oxygens (including phenoxy) is 1. The summed E-state index contributed by atoms with van der Waals surface area (Å²) in [7, 11) is -2.12. The van der Waals surface area contributed by atoms with E-state index in [1.165, 1.54) is 13.2 Å². The molecule has 8 heteroatoms. The summed E-state index contributed by atoms with van der Waals surface area (Å²) in [5.74, 6) is 0.0823. The fourth-order valence-electron chi connectivity index (χ4n) is 3.66. The summed E-state index contributed by atoms with van der Waals surface area (Å²) in [5, 5.41) is 2.69. The van der Waals surface area contributed by atoms with Gasteiger partial charge in [0.15, 0.2) is 9.84 Å². The molecule has 1 aliphatic carbocycles. The van der Waals surface area contributed by atoms with Gasteiger partial charge >= 0.3 is 0 Å². The number of fused-ring (bicyclic) bond motifs is 1. The second-order valence-electron chi connectivity index (χ2n) is 7.62. The Morgan fingerprint density at radius 1 is 1.17 bits per heavy atom. The Morgan fingerprint density at radius 3 is 2.67 bits per heavy atom. The zero-order valence-corrected chi connectivity index (χ0v) is 17.6. The van der Waals surface area contributed by atoms with Gasteiger partial charge < -0.3 is 15.0 Å². The van der Waals surface area contributed by atoms with Gasteiger partial charge in [0.25, 0.3) is 0 Å². The van der Waals surface area contributed by atoms with Crippen LogP contribution in [0.15, 0.2) is 47.4 Å². The molecule has 0 bridgehead atoms. The highest BCUT2D eigenvalue weighted by atomic mass is 32.2. The smallest absolute Gasteiger partial charge is 0.230 e. The maximum Gasteiger partial charge on any atom is 0.230 e. The highest BCUT2D eigenvalue weighted by Crippen LogP contribution is 2.37. The molecule has 1 fully saturated rings. The van der Waals surface area contributed by atoms with Crippen molar-refractivity contribution in [3.8, 4) is 5.75 Å². The van der Waals surface area contributed by atoms with Gasteiger partial charge in [0, 0.05) is 24.6 Å². The molecular formula is C22H24N2O5S. The van der Waals surface area contributed by atoms with E-state index >= 15 is 0 Å². The minimum absolute atomic E-state index is 0.126. The monoisotopic (exact) mass is 428 g/mol. The van der Waals surface area contributed by atoms with E-state index in [-0.39, 0.29) is 28.9 Å². The molecule has 0 unspecified atom stereocenters. The van der Waals surface area contributed by atoms with Gasteiger partial charge in [-0.1, -0.05) is 12.1 Å². The number of nitrogens with one attached hydrogen (secondary N) is 1. The number of amides is 2. The van der Waals surface area contributed by atoms with Gasteiger partial charge in [0.1, 0.15) is 5.75 Å². The number of nitrogens with zero attached hydrogens (tertiary/aromatic N) is 1. The van der Waals surface area contributed by atoms with E-state index in [1.807, 2.05) is 0 Å². The Kier molecular flexibility index (Phi) is 5.51. The zero-order valence-electron chi connectivity index (χ0n) is 16.8. The average Bonchev–Trinajstić information content (AvgIpc) is 3.51. The summed E-state index contributed by atoms with van der Waals surface area (Å²) in [6.45, 7) is 0.593. The Hall–Kier alpha value is -2.87. The van der Waals surface area contributed by atoms with Crippen LogP contribution in [-0.4, -0.2) is 39.6 Å². The van der Waals surface area contributed by atoms with E-state index in [9.17, 15) is 18.0 Å². The van der Waals surface area contributed by atoms with E-state index in [4.69, 9.17) is 4.74 Å². The molecule has 2 aromatic rings. The molecule has 1 heterocycles. The molecule has 1 saturated carbocycles. The van der Waals surface area contributed by atoms with Gasteiger partial charge in [0.05, 0.1) is 23.4 Å². The van der Waals surface area contributed by atoms with Gasteiger partial charge in [-0.05, 0) is 55.2 Å². The quantitative estimate of drug-likeness (QED) is 0.732. The highest BCUT2D eigenvalue weighted by molar-refractivity contribution is 7.91. The molecule has 2 aliphatic rings. The fraction of sp³-hybridized carbons (Fsp3) is 0.364. The standard InChI is InChI=1S/C22H24N2O5S/c1-29-20-5-3-2-4-18(20)23-21(25)11-13-30(27,28)17-8-9-19-16(14-17)10-12-24(19)22(26)15-6-7-15/h2-5,8-9,14-15H,6-7,10-13H2,1H3,(H,23,25). The molecule has 7 nitrogen and oxygen atoms in total. The van der Waals surface area contributed by atoms with Gasteiger partial charge in [-0.2, -0.15) is 0 Å². The number of hydrogen-bond donors (Lipinski definition) is 1. The Balaban J connectivity index is 1.41. The van der Waals surface area contributed by atoms with E-state index in [0.717, 1.165) is 24.1 Å². The lowest BCUT2D eigenvalue weighted by Gasteiger charge is -2.17. The lowest BCUT2D eigenvalue weighted by molar-refractivity contribution is -0.119. The van der Waals surface area contributed by atoms with E-state index < -0.39 is 15.7 Å². The van der Waals surface area contributed by atoms with Crippen molar-refractivity contribution in [1.29, 1.82) is 0 Å². The van der Waals surface area contributed by atoms with Gasteiger partial charge in [-0.25, -0.2) is 8.42 Å². The molecule has 30 heavy (non-hydrogen) atoms. The van der Waals surface area contributed by atoms with Gasteiger partial charge in [-0.3, -0.25) is 9.59 Å². The van der Waals surface area contributed by atoms with Crippen molar-refractivity contribution >= 4 is 33.0 Å². The van der Waals surface area contributed by atoms with E-state index in [1.54, 1.807) is 41.3 Å². The van der Waals surface area contributed by atoms with E-state index in [2.05, 4.69) is 5.32 Å². The van der Waals surface area contributed by atoms with Gasteiger partial charge in [-0.15, -0.1) is 0 Å². The fourth-order valence-corrected chi connectivity index (χ4v) is 4.94. The van der Waals surface area contributed by atoms with Crippen molar-refractivity contribution in [2.75, 3.05) is 29.6 Å². The largest absolute Gasteiger partial charge is 0.495 e. The molecule has 158 valence electrons. The number of sulfone groups is 1. The molecule has 2 aromatic carbocycles. The minimum Gasteiger partial charge on any atom is -0.495 e. The second-order valence-corrected chi connectivity index (χ2v) is 9.73. The molecule has 1 N–H and O–H groups in total. The van der Waals surface area contributed by atoms with Crippen molar-refractivity contribution in [1.82, 2.24) is 0 Å². The first kappa shape index (κ1) is 20.4. The number of para-hydroxylation sites is 2. The summed E-state index contributed by atoms with van der Waals surface area (Å²) >= 11 is 0. The van der Waals surface area contributed by atoms with Crippen LogP contribution in [0, 0.1) is 5.92 Å². The number of anilines is 2. The van der Waals surface area contributed by atoms with Crippen LogP contribution < -0.4 is 15.0 Å². The van der Waals surface area contributed by atoms with Crippen LogP contribution in [0.25, 0.3) is 0 Å². The number of hydrogen-bond acceptors (Lipinski definition) is 5. The first-order valence-electron chi connectivity index (χ1n) is 9.99. The maximum absolute atomic E-state index is 12.8. The first-order chi connectivity index (χ1) is 14.4. The minimum atomic E-state index is -3.62. The van der Waals surface area contributed by atoms with Crippen molar-refractivity contribution in [2.45, 2.75) is 30.6 Å². The van der Waals surface area contributed by atoms with E-state index in [0.29, 0.717) is 24.4 Å². The lowest BCUT2D eigenvalue weighted by atomic mass is 10.2. The van der Waals surface area contributed by atoms with Crippen molar-refractivity contribution in [3.05, 3.63) is 48.0 Å². The van der Waals surface area contributed by atoms with Gasteiger partial charge in [0.2, 0.25) is 11.8 Å². The van der Waals surface area contributed by atoms with Crippen molar-refractivity contribution in [2.24, 2.45) is 5.92 Å². The maximum atomic E-state index is 12.8. The summed E-state index contributed by atoms with van der Waals surface area (Å²) in [6.07, 6.45) is 2.36. The van der Waals surface area contributed by atoms with Crippen LogP contribution in [0.4, 0.5) is 11.4 Å². The van der Waals surface area contributed by atoms with Crippen molar-refractivity contribution in [3.63, 3.8) is 0 Å². The van der Waals surface area contributed by atoms with Crippen LogP contribution >= 0.6 is 0 Å². The number of carbonyl (C=O) groups is 2. The third kappa shape index (κ3) is 4.18. The predicted molar refractivity (Wildman–Crippen MR) is 114 cm³/mol. The second kappa shape index (κ2) is 8.10. The average molecular weight is 429 g/mol.